The first-order valence-corrected chi connectivity index (χ1v) is 9.04. The highest BCUT2D eigenvalue weighted by atomic mass is 16.3. The van der Waals surface area contributed by atoms with E-state index in [2.05, 4.69) is 34.1 Å². The van der Waals surface area contributed by atoms with E-state index in [0.29, 0.717) is 18.0 Å². The maximum atomic E-state index is 12.7. The minimum absolute atomic E-state index is 0.0658. The summed E-state index contributed by atoms with van der Waals surface area (Å²) in [4.78, 5) is 21.0. The van der Waals surface area contributed by atoms with Crippen LogP contribution in [0, 0.1) is 0 Å². The molecule has 0 saturated carbocycles. The maximum Gasteiger partial charge on any atom is 0.247 e. The number of carbonyl (C=O) groups excluding carboxylic acids is 1. The second kappa shape index (κ2) is 8.08. The Hall–Kier alpha value is -3.08. The van der Waals surface area contributed by atoms with Crippen molar-refractivity contribution in [2.75, 3.05) is 19.0 Å². The van der Waals surface area contributed by atoms with Gasteiger partial charge < -0.3 is 14.2 Å². The number of aromatic nitrogens is 1. The predicted molar refractivity (Wildman–Crippen MR) is 109 cm³/mol. The van der Waals surface area contributed by atoms with Crippen LogP contribution in [0.4, 0.5) is 5.69 Å². The Kier molecular flexibility index (Phi) is 5.60. The molecule has 1 amide bonds. The van der Waals surface area contributed by atoms with Gasteiger partial charge in [0.05, 0.1) is 0 Å². The van der Waals surface area contributed by atoms with Gasteiger partial charge in [-0.05, 0) is 43.7 Å². The summed E-state index contributed by atoms with van der Waals surface area (Å²) in [5, 5.41) is 0. The van der Waals surface area contributed by atoms with Crippen LogP contribution in [-0.4, -0.2) is 35.9 Å². The van der Waals surface area contributed by atoms with E-state index in [1.165, 1.54) is 6.08 Å². The van der Waals surface area contributed by atoms with Gasteiger partial charge in [-0.1, -0.05) is 24.3 Å². The molecule has 0 atom stereocenters. The largest absolute Gasteiger partial charge is 0.437 e. The monoisotopic (exact) mass is 363 g/mol. The number of hydrogen-bond donors (Lipinski definition) is 0. The van der Waals surface area contributed by atoms with Gasteiger partial charge in [0.1, 0.15) is 5.52 Å². The highest BCUT2D eigenvalue weighted by Crippen LogP contribution is 2.17. The van der Waals surface area contributed by atoms with Gasteiger partial charge in [0, 0.05) is 44.5 Å². The second-order valence-corrected chi connectivity index (χ2v) is 6.97. The predicted octanol–water partition coefficient (Wildman–Crippen LogP) is 4.34. The van der Waals surface area contributed by atoms with Crippen molar-refractivity contribution in [3.63, 3.8) is 0 Å². The Labute approximate surface area is 159 Å². The molecule has 0 aliphatic carbocycles. The van der Waals surface area contributed by atoms with Crippen molar-refractivity contribution in [2.24, 2.45) is 0 Å². The normalized spacial score (nSPS) is 11.4. The Morgan fingerprint density at radius 3 is 2.44 bits per heavy atom. The SMILES string of the molecule is CC(C)N(Cc1ccc(N(C)C)cc1)C(=O)/C=C/c1nc2ccccc2o1. The van der Waals surface area contributed by atoms with Gasteiger partial charge in [0.15, 0.2) is 5.58 Å². The summed E-state index contributed by atoms with van der Waals surface area (Å²) in [5.41, 5.74) is 3.73. The minimum atomic E-state index is -0.0658. The molecule has 0 unspecified atom stereocenters. The van der Waals surface area contributed by atoms with Crippen LogP contribution in [0.15, 0.2) is 59.0 Å². The van der Waals surface area contributed by atoms with E-state index in [1.54, 1.807) is 6.08 Å². The lowest BCUT2D eigenvalue weighted by Crippen LogP contribution is -2.35. The highest BCUT2D eigenvalue weighted by Gasteiger charge is 2.15. The highest BCUT2D eigenvalue weighted by molar-refractivity contribution is 5.91. The quantitative estimate of drug-likeness (QED) is 0.611. The zero-order chi connectivity index (χ0) is 19.4. The first-order chi connectivity index (χ1) is 12.9. The molecule has 1 heterocycles. The van der Waals surface area contributed by atoms with Gasteiger partial charge in [-0.3, -0.25) is 4.79 Å². The van der Waals surface area contributed by atoms with Crippen molar-refractivity contribution < 1.29 is 9.21 Å². The van der Waals surface area contributed by atoms with Crippen LogP contribution in [0.25, 0.3) is 17.2 Å². The Morgan fingerprint density at radius 2 is 1.81 bits per heavy atom. The molecule has 0 bridgehead atoms. The van der Waals surface area contributed by atoms with Crippen LogP contribution in [0.2, 0.25) is 0 Å². The molecule has 3 aromatic rings. The number of hydrogen-bond acceptors (Lipinski definition) is 4. The summed E-state index contributed by atoms with van der Waals surface area (Å²) in [5.74, 6) is 0.368. The molecule has 3 rings (SSSR count). The molecule has 140 valence electrons. The van der Waals surface area contributed by atoms with E-state index >= 15 is 0 Å². The van der Waals surface area contributed by atoms with Crippen molar-refractivity contribution in [1.82, 2.24) is 9.88 Å². The number of oxazole rings is 1. The fourth-order valence-corrected chi connectivity index (χ4v) is 2.81. The second-order valence-electron chi connectivity index (χ2n) is 6.97. The number of nitrogens with zero attached hydrogens (tertiary/aromatic N) is 3. The molecular formula is C22H25N3O2. The van der Waals surface area contributed by atoms with Crippen LogP contribution in [0.5, 0.6) is 0 Å². The summed E-state index contributed by atoms with van der Waals surface area (Å²) in [6, 6.07) is 15.9. The molecular weight excluding hydrogens is 338 g/mol. The fourth-order valence-electron chi connectivity index (χ4n) is 2.81. The molecule has 0 spiro atoms. The third-order valence-electron chi connectivity index (χ3n) is 4.39. The van der Waals surface area contributed by atoms with Crippen molar-refractivity contribution in [1.29, 1.82) is 0 Å². The molecule has 0 N–H and O–H groups in total. The van der Waals surface area contributed by atoms with Gasteiger partial charge in [0.2, 0.25) is 11.8 Å². The van der Waals surface area contributed by atoms with Gasteiger partial charge in [-0.25, -0.2) is 4.98 Å². The molecule has 2 aromatic carbocycles. The van der Waals surface area contributed by atoms with E-state index in [1.807, 2.05) is 57.1 Å². The average Bonchev–Trinajstić information content (AvgIpc) is 3.07. The van der Waals surface area contributed by atoms with Crippen molar-refractivity contribution in [3.8, 4) is 0 Å². The molecule has 5 nitrogen and oxygen atoms in total. The molecule has 27 heavy (non-hydrogen) atoms. The Morgan fingerprint density at radius 1 is 1.11 bits per heavy atom. The van der Waals surface area contributed by atoms with E-state index in [9.17, 15) is 4.79 Å². The Balaban J connectivity index is 1.72. The van der Waals surface area contributed by atoms with Crippen LogP contribution in [0.3, 0.4) is 0 Å². The van der Waals surface area contributed by atoms with Crippen molar-refractivity contribution in [3.05, 3.63) is 66.1 Å². The van der Waals surface area contributed by atoms with E-state index in [-0.39, 0.29) is 11.9 Å². The van der Waals surface area contributed by atoms with E-state index in [0.717, 1.165) is 16.8 Å². The third-order valence-corrected chi connectivity index (χ3v) is 4.39. The van der Waals surface area contributed by atoms with Gasteiger partial charge in [-0.2, -0.15) is 0 Å². The standard InChI is InChI=1S/C22H25N3O2/c1-16(2)25(15-17-9-11-18(12-10-17)24(3)4)22(26)14-13-21-23-19-7-5-6-8-20(19)27-21/h5-14,16H,15H2,1-4H3/b14-13+. The van der Waals surface area contributed by atoms with Crippen molar-refractivity contribution in [2.45, 2.75) is 26.4 Å². The zero-order valence-electron chi connectivity index (χ0n) is 16.2. The Bertz CT molecular complexity index is 907. The summed E-state index contributed by atoms with van der Waals surface area (Å²) in [7, 11) is 4.02. The molecule has 0 saturated heterocycles. The van der Waals surface area contributed by atoms with Crippen LogP contribution < -0.4 is 4.90 Å². The maximum absolute atomic E-state index is 12.7. The lowest BCUT2D eigenvalue weighted by Gasteiger charge is -2.26. The molecule has 1 aromatic heterocycles. The van der Waals surface area contributed by atoms with Gasteiger partial charge in [0.25, 0.3) is 0 Å². The van der Waals surface area contributed by atoms with Crippen molar-refractivity contribution >= 4 is 28.8 Å². The number of rotatable bonds is 6. The number of carbonyl (C=O) groups is 1. The smallest absolute Gasteiger partial charge is 0.247 e. The first-order valence-electron chi connectivity index (χ1n) is 9.04. The minimum Gasteiger partial charge on any atom is -0.437 e. The van der Waals surface area contributed by atoms with Gasteiger partial charge in [-0.15, -0.1) is 0 Å². The number of benzene rings is 2. The van der Waals surface area contributed by atoms with E-state index in [4.69, 9.17) is 4.42 Å². The fraction of sp³-hybridized carbons (Fsp3) is 0.273. The number of para-hydroxylation sites is 2. The average molecular weight is 363 g/mol. The summed E-state index contributed by atoms with van der Waals surface area (Å²) in [6.07, 6.45) is 3.16. The summed E-state index contributed by atoms with van der Waals surface area (Å²) >= 11 is 0. The molecule has 0 aliphatic rings. The summed E-state index contributed by atoms with van der Waals surface area (Å²) in [6.45, 7) is 4.58. The number of anilines is 1. The lowest BCUT2D eigenvalue weighted by atomic mass is 10.1. The summed E-state index contributed by atoms with van der Waals surface area (Å²) < 4.78 is 5.64. The molecule has 5 heteroatoms. The molecule has 0 aliphatic heterocycles. The van der Waals surface area contributed by atoms with Gasteiger partial charge >= 0.3 is 0 Å². The number of amides is 1. The molecule has 0 radical (unpaired) electrons. The van der Waals surface area contributed by atoms with Crippen LogP contribution in [-0.2, 0) is 11.3 Å². The topological polar surface area (TPSA) is 49.6 Å². The first kappa shape index (κ1) is 18.7. The van der Waals surface area contributed by atoms with Crippen LogP contribution in [0.1, 0.15) is 25.3 Å². The lowest BCUT2D eigenvalue weighted by molar-refractivity contribution is -0.128. The number of fused-ring (bicyclic) bond motifs is 1. The van der Waals surface area contributed by atoms with Crippen LogP contribution >= 0.6 is 0 Å². The third kappa shape index (κ3) is 4.56. The zero-order valence-corrected chi connectivity index (χ0v) is 16.2. The van der Waals surface area contributed by atoms with E-state index < -0.39 is 0 Å². The molecule has 0 fully saturated rings.